The Bertz CT molecular complexity index is 1560. The van der Waals surface area contributed by atoms with Crippen molar-refractivity contribution < 1.29 is 9.53 Å². The Morgan fingerprint density at radius 1 is 1.03 bits per heavy atom. The fourth-order valence-corrected chi connectivity index (χ4v) is 5.18. The first kappa shape index (κ1) is 24.0. The van der Waals surface area contributed by atoms with Gasteiger partial charge < -0.3 is 19.2 Å². The number of pyridine rings is 1. The number of nitrogens with zero attached hydrogens (tertiary/aromatic N) is 4. The van der Waals surface area contributed by atoms with Gasteiger partial charge in [0.2, 0.25) is 5.91 Å². The molecule has 0 atom stereocenters. The number of carbonyl (C=O) groups is 1. The van der Waals surface area contributed by atoms with Gasteiger partial charge in [-0.05, 0) is 42.0 Å². The average molecular weight is 506 g/mol. The van der Waals surface area contributed by atoms with Crippen LogP contribution < -0.4 is 4.74 Å². The molecule has 0 bridgehead atoms. The minimum Gasteiger partial charge on any atom is -0.497 e. The molecule has 1 N–H and O–H groups in total. The second-order valence-electron chi connectivity index (χ2n) is 9.67. The molecule has 192 valence electrons. The Balaban J connectivity index is 1.16. The van der Waals surface area contributed by atoms with Crippen LogP contribution in [0.4, 0.5) is 0 Å². The highest BCUT2D eigenvalue weighted by Crippen LogP contribution is 2.34. The third-order valence-electron chi connectivity index (χ3n) is 7.27. The maximum atomic E-state index is 13.4. The largest absolute Gasteiger partial charge is 0.497 e. The van der Waals surface area contributed by atoms with Gasteiger partial charge in [0.25, 0.3) is 0 Å². The standard InChI is InChI=1S/C31H31N5O2/c1-38-25-11-12-29-26(20-25)27(28-19-24-10-5-13-32-31(24)33-28)21-36(29)22-30(37)35-17-15-34(16-18-35)14-6-9-23-7-3-2-4-8-23/h2-13,19-21H,14-18,22H2,1H3,(H,32,33). The van der Waals surface area contributed by atoms with Crippen LogP contribution in [0.1, 0.15) is 5.56 Å². The molecule has 0 radical (unpaired) electrons. The molecule has 2 aromatic carbocycles. The van der Waals surface area contributed by atoms with Crippen LogP contribution in [0, 0.1) is 0 Å². The van der Waals surface area contributed by atoms with E-state index in [-0.39, 0.29) is 5.91 Å². The van der Waals surface area contributed by atoms with Crippen molar-refractivity contribution in [3.63, 3.8) is 0 Å². The maximum Gasteiger partial charge on any atom is 0.242 e. The number of amides is 1. The number of carbonyl (C=O) groups excluding carboxylic acids is 1. The van der Waals surface area contributed by atoms with E-state index in [1.165, 1.54) is 5.56 Å². The Hall–Kier alpha value is -4.36. The smallest absolute Gasteiger partial charge is 0.242 e. The van der Waals surface area contributed by atoms with Gasteiger partial charge in [0.05, 0.1) is 7.11 Å². The summed E-state index contributed by atoms with van der Waals surface area (Å²) in [6.45, 7) is 4.43. The predicted octanol–water partition coefficient (Wildman–Crippen LogP) is 5.05. The Morgan fingerprint density at radius 3 is 2.66 bits per heavy atom. The molecule has 7 heteroatoms. The number of aromatic nitrogens is 3. The number of nitrogens with one attached hydrogen (secondary N) is 1. The van der Waals surface area contributed by atoms with Gasteiger partial charge in [0.15, 0.2) is 0 Å². The third-order valence-corrected chi connectivity index (χ3v) is 7.27. The molecular weight excluding hydrogens is 474 g/mol. The fraction of sp³-hybridized carbons (Fsp3) is 0.226. The second kappa shape index (κ2) is 10.6. The summed E-state index contributed by atoms with van der Waals surface area (Å²) in [6, 6.07) is 22.4. The van der Waals surface area contributed by atoms with E-state index in [9.17, 15) is 4.79 Å². The van der Waals surface area contributed by atoms with Crippen molar-refractivity contribution in [3.05, 3.63) is 90.8 Å². The average Bonchev–Trinajstić information content (AvgIpc) is 3.55. The summed E-state index contributed by atoms with van der Waals surface area (Å²) in [5.41, 5.74) is 5.06. The molecule has 0 spiro atoms. The van der Waals surface area contributed by atoms with Crippen molar-refractivity contribution in [3.8, 4) is 17.0 Å². The molecule has 5 aromatic rings. The number of aromatic amines is 1. The number of rotatable bonds is 7. The van der Waals surface area contributed by atoms with Gasteiger partial charge >= 0.3 is 0 Å². The summed E-state index contributed by atoms with van der Waals surface area (Å²) in [4.78, 5) is 25.6. The number of H-pyrrole nitrogens is 1. The van der Waals surface area contributed by atoms with E-state index in [4.69, 9.17) is 4.74 Å². The molecule has 1 aliphatic heterocycles. The maximum absolute atomic E-state index is 13.4. The summed E-state index contributed by atoms with van der Waals surface area (Å²) < 4.78 is 7.56. The summed E-state index contributed by atoms with van der Waals surface area (Å²) in [6.07, 6.45) is 8.21. The molecule has 1 fully saturated rings. The van der Waals surface area contributed by atoms with Gasteiger partial charge in [-0.1, -0.05) is 42.5 Å². The zero-order valence-electron chi connectivity index (χ0n) is 21.5. The van der Waals surface area contributed by atoms with Crippen molar-refractivity contribution in [1.29, 1.82) is 0 Å². The van der Waals surface area contributed by atoms with Crippen molar-refractivity contribution in [1.82, 2.24) is 24.3 Å². The molecule has 7 nitrogen and oxygen atoms in total. The highest BCUT2D eigenvalue weighted by molar-refractivity contribution is 5.99. The first-order chi connectivity index (χ1) is 18.7. The third kappa shape index (κ3) is 4.93. The molecule has 1 aliphatic rings. The lowest BCUT2D eigenvalue weighted by atomic mass is 10.1. The summed E-state index contributed by atoms with van der Waals surface area (Å²) >= 11 is 0. The van der Waals surface area contributed by atoms with Crippen LogP contribution in [0.3, 0.4) is 0 Å². The topological polar surface area (TPSA) is 66.4 Å². The van der Waals surface area contributed by atoms with Crippen LogP contribution >= 0.6 is 0 Å². The molecule has 6 rings (SSSR count). The van der Waals surface area contributed by atoms with E-state index in [1.807, 2.05) is 41.3 Å². The van der Waals surface area contributed by atoms with E-state index in [1.54, 1.807) is 13.3 Å². The monoisotopic (exact) mass is 505 g/mol. The number of hydrogen-bond acceptors (Lipinski definition) is 4. The van der Waals surface area contributed by atoms with Gasteiger partial charge in [-0.25, -0.2) is 4.98 Å². The minimum atomic E-state index is 0.141. The molecule has 1 saturated heterocycles. The highest BCUT2D eigenvalue weighted by Gasteiger charge is 2.22. The summed E-state index contributed by atoms with van der Waals surface area (Å²) in [7, 11) is 1.67. The Labute approximate surface area is 222 Å². The lowest BCUT2D eigenvalue weighted by Crippen LogP contribution is -2.49. The van der Waals surface area contributed by atoms with Gasteiger partial charge in [-0.2, -0.15) is 0 Å². The van der Waals surface area contributed by atoms with Gasteiger partial charge in [-0.15, -0.1) is 0 Å². The molecule has 3 aromatic heterocycles. The summed E-state index contributed by atoms with van der Waals surface area (Å²) in [5, 5.41) is 2.09. The van der Waals surface area contributed by atoms with Crippen LogP contribution in [0.2, 0.25) is 0 Å². The van der Waals surface area contributed by atoms with E-state index < -0.39 is 0 Å². The molecule has 1 amide bonds. The van der Waals surface area contributed by atoms with Crippen molar-refractivity contribution in [2.45, 2.75) is 6.54 Å². The fourth-order valence-electron chi connectivity index (χ4n) is 5.18. The van der Waals surface area contributed by atoms with E-state index in [0.29, 0.717) is 6.54 Å². The predicted molar refractivity (Wildman–Crippen MR) is 152 cm³/mol. The quantitative estimate of drug-likeness (QED) is 0.336. The minimum absolute atomic E-state index is 0.141. The highest BCUT2D eigenvalue weighted by atomic mass is 16.5. The Morgan fingerprint density at radius 2 is 1.87 bits per heavy atom. The van der Waals surface area contributed by atoms with Crippen LogP contribution in [0.15, 0.2) is 85.2 Å². The molecule has 0 saturated carbocycles. The molecule has 0 unspecified atom stereocenters. The van der Waals surface area contributed by atoms with Gasteiger partial charge in [0.1, 0.15) is 17.9 Å². The summed E-state index contributed by atoms with van der Waals surface area (Å²) in [5.74, 6) is 0.927. The zero-order chi connectivity index (χ0) is 25.9. The molecule has 0 aliphatic carbocycles. The number of benzene rings is 2. The number of methoxy groups -OCH3 is 1. The van der Waals surface area contributed by atoms with Crippen molar-refractivity contribution in [2.75, 3.05) is 39.8 Å². The number of piperazine rings is 1. The van der Waals surface area contributed by atoms with E-state index >= 15 is 0 Å². The van der Waals surface area contributed by atoms with Crippen LogP contribution in [-0.2, 0) is 11.3 Å². The van der Waals surface area contributed by atoms with Crippen LogP contribution in [0.25, 0.3) is 39.3 Å². The first-order valence-corrected chi connectivity index (χ1v) is 13.0. The SMILES string of the molecule is COc1ccc2c(c1)c(-c1cc3cccnc3[nH]1)cn2CC(=O)N1CCN(CC=Cc2ccccc2)CC1. The lowest BCUT2D eigenvalue weighted by Gasteiger charge is -2.34. The first-order valence-electron chi connectivity index (χ1n) is 13.0. The number of hydrogen-bond donors (Lipinski definition) is 1. The van der Waals surface area contributed by atoms with E-state index in [2.05, 4.69) is 68.1 Å². The molecular formula is C31H31N5O2. The van der Waals surface area contributed by atoms with Gasteiger partial charge in [0, 0.05) is 72.7 Å². The van der Waals surface area contributed by atoms with Crippen LogP contribution in [-0.4, -0.2) is 70.1 Å². The zero-order valence-corrected chi connectivity index (χ0v) is 21.5. The van der Waals surface area contributed by atoms with Crippen molar-refractivity contribution in [2.24, 2.45) is 0 Å². The van der Waals surface area contributed by atoms with Crippen LogP contribution in [0.5, 0.6) is 5.75 Å². The molecule has 4 heterocycles. The number of ether oxygens (including phenoxy) is 1. The number of fused-ring (bicyclic) bond motifs is 2. The Kier molecular flexibility index (Phi) is 6.67. The van der Waals surface area contributed by atoms with Crippen molar-refractivity contribution >= 4 is 33.9 Å². The molecule has 38 heavy (non-hydrogen) atoms. The van der Waals surface area contributed by atoms with Gasteiger partial charge in [-0.3, -0.25) is 9.69 Å². The van der Waals surface area contributed by atoms with E-state index in [0.717, 1.165) is 71.7 Å². The lowest BCUT2D eigenvalue weighted by molar-refractivity contribution is -0.133. The normalized spacial score (nSPS) is 14.6. The second-order valence-corrected chi connectivity index (χ2v) is 9.67.